The number of hydrogen-bond donors (Lipinski definition) is 2. The predicted octanol–water partition coefficient (Wildman–Crippen LogP) is 11.6. The smallest absolute Gasteiger partial charge is 0.157 e. The third-order valence-corrected chi connectivity index (χ3v) is 10.4. The molecule has 254 valence electrons. The Morgan fingerprint density at radius 3 is 1.92 bits per heavy atom. The molecule has 7 aromatic carbocycles. The van der Waals surface area contributed by atoms with E-state index in [4.69, 9.17) is 21.1 Å². The number of hydrogen-bond acceptors (Lipinski definition) is 3. The third kappa shape index (κ3) is 7.52. The van der Waals surface area contributed by atoms with Crippen molar-refractivity contribution in [3.05, 3.63) is 221 Å². The van der Waals surface area contributed by atoms with Gasteiger partial charge in [-0.15, -0.1) is 11.3 Å². The molecule has 0 saturated heterocycles. The van der Waals surface area contributed by atoms with Gasteiger partial charge in [0.25, 0.3) is 0 Å². The van der Waals surface area contributed by atoms with Gasteiger partial charge in [0, 0.05) is 31.3 Å². The van der Waals surface area contributed by atoms with Crippen LogP contribution in [0.5, 0.6) is 0 Å². The highest BCUT2D eigenvalue weighted by Gasteiger charge is 2.14. The van der Waals surface area contributed by atoms with E-state index in [9.17, 15) is 0 Å². The van der Waals surface area contributed by atoms with E-state index in [1.807, 2.05) is 84.9 Å². The second kappa shape index (κ2) is 15.3. The standard InChI is InChI=1S/C48H36N4S/c49-44(35-18-8-3-9-19-35)31-43(37-21-12-20-36(28-37)34-16-6-2-7-17-34)38-22-13-23-39(29-38)47(50)52-48(51-32-33-14-4-1-5-15-33)40-26-27-42-41-24-10-11-25-45(41)53-46(42)30-40/h1-31,49H,32H2,(H2,50,51,52)/b43-31-,49-44?. The maximum atomic E-state index is 9.07. The van der Waals surface area contributed by atoms with Gasteiger partial charge in [-0.1, -0.05) is 158 Å². The minimum Gasteiger partial charge on any atom is -0.383 e. The van der Waals surface area contributed by atoms with Gasteiger partial charge >= 0.3 is 0 Å². The van der Waals surface area contributed by atoms with Crippen LogP contribution in [-0.2, 0) is 6.54 Å². The summed E-state index contributed by atoms with van der Waals surface area (Å²) in [5, 5.41) is 11.5. The molecule has 1 heterocycles. The van der Waals surface area contributed by atoms with Crippen molar-refractivity contribution in [3.63, 3.8) is 0 Å². The molecule has 0 atom stereocenters. The van der Waals surface area contributed by atoms with E-state index in [1.54, 1.807) is 11.3 Å². The Labute approximate surface area is 313 Å². The zero-order chi connectivity index (χ0) is 36.0. The van der Waals surface area contributed by atoms with Gasteiger partial charge in [0.15, 0.2) is 5.84 Å². The molecule has 53 heavy (non-hydrogen) atoms. The molecule has 0 bridgehead atoms. The zero-order valence-corrected chi connectivity index (χ0v) is 29.8. The summed E-state index contributed by atoms with van der Waals surface area (Å²) >= 11 is 1.77. The van der Waals surface area contributed by atoms with Crippen LogP contribution >= 0.6 is 11.3 Å². The lowest BCUT2D eigenvalue weighted by atomic mass is 9.92. The number of fused-ring (bicyclic) bond motifs is 3. The van der Waals surface area contributed by atoms with Crippen LogP contribution in [0.3, 0.4) is 0 Å². The van der Waals surface area contributed by atoms with Gasteiger partial charge in [0.2, 0.25) is 0 Å². The van der Waals surface area contributed by atoms with Crippen molar-refractivity contribution in [2.24, 2.45) is 15.7 Å². The number of nitrogens with zero attached hydrogens (tertiary/aromatic N) is 2. The molecule has 4 nitrogen and oxygen atoms in total. The summed E-state index contributed by atoms with van der Waals surface area (Å²) in [6.45, 7) is 0.476. The number of benzene rings is 7. The van der Waals surface area contributed by atoms with Crippen LogP contribution in [0.15, 0.2) is 198 Å². The number of nitrogens with one attached hydrogen (secondary N) is 1. The summed E-state index contributed by atoms with van der Waals surface area (Å²) in [6.07, 6.45) is 1.94. The largest absolute Gasteiger partial charge is 0.383 e. The van der Waals surface area contributed by atoms with Crippen LogP contribution in [0.25, 0.3) is 36.9 Å². The highest BCUT2D eigenvalue weighted by Crippen LogP contribution is 2.34. The van der Waals surface area contributed by atoms with Crippen LogP contribution in [0.1, 0.15) is 33.4 Å². The first kappa shape index (κ1) is 33.5. The molecule has 3 N–H and O–H groups in total. The van der Waals surface area contributed by atoms with Crippen molar-refractivity contribution in [1.82, 2.24) is 0 Å². The second-order valence-corrected chi connectivity index (χ2v) is 13.9. The summed E-state index contributed by atoms with van der Waals surface area (Å²) in [5.74, 6) is 0.943. The fourth-order valence-electron chi connectivity index (χ4n) is 6.51. The lowest BCUT2D eigenvalue weighted by Crippen LogP contribution is -2.17. The van der Waals surface area contributed by atoms with Gasteiger partial charge in [0.05, 0.1) is 12.3 Å². The van der Waals surface area contributed by atoms with Crippen LogP contribution < -0.4 is 5.73 Å². The number of allylic oxidation sites excluding steroid dienone is 1. The highest BCUT2D eigenvalue weighted by molar-refractivity contribution is 7.25. The molecule has 0 aliphatic rings. The Bertz CT molecular complexity index is 2650. The van der Waals surface area contributed by atoms with Crippen molar-refractivity contribution in [2.75, 3.05) is 0 Å². The lowest BCUT2D eigenvalue weighted by molar-refractivity contribution is 1.06. The first-order chi connectivity index (χ1) is 26.1. The molecule has 8 rings (SSSR count). The molecule has 5 heteroatoms. The summed E-state index contributed by atoms with van der Waals surface area (Å²) in [4.78, 5) is 10.0. The van der Waals surface area contributed by atoms with Crippen LogP contribution in [0.2, 0.25) is 0 Å². The average Bonchev–Trinajstić information content (AvgIpc) is 3.60. The number of thiophene rings is 1. The summed E-state index contributed by atoms with van der Waals surface area (Å²) in [7, 11) is 0. The lowest BCUT2D eigenvalue weighted by Gasteiger charge is -2.13. The van der Waals surface area contributed by atoms with Crippen molar-refractivity contribution < 1.29 is 0 Å². The Balaban J connectivity index is 1.20. The van der Waals surface area contributed by atoms with Crippen molar-refractivity contribution >= 4 is 54.5 Å². The van der Waals surface area contributed by atoms with Gasteiger partial charge in [-0.05, 0) is 69.3 Å². The predicted molar refractivity (Wildman–Crippen MR) is 225 cm³/mol. The SMILES string of the molecule is N=C(/C=C(\c1cccc(C(N)=NC(=NCc2ccccc2)c2ccc3c(c2)sc2ccccc23)c1)c1cccc(-c2ccccc2)c1)c1ccccc1. The minimum atomic E-state index is 0.366. The molecule has 0 saturated carbocycles. The molecular formula is C48H36N4S. The zero-order valence-electron chi connectivity index (χ0n) is 29.0. The number of aliphatic imine (C=N–C) groups is 2. The van der Waals surface area contributed by atoms with E-state index in [0.717, 1.165) is 50.1 Å². The van der Waals surface area contributed by atoms with E-state index in [2.05, 4.69) is 103 Å². The molecule has 0 aliphatic heterocycles. The summed E-state index contributed by atoms with van der Waals surface area (Å²) in [5.41, 5.74) is 16.0. The molecule has 0 fully saturated rings. The normalized spacial score (nSPS) is 12.3. The van der Waals surface area contributed by atoms with Crippen molar-refractivity contribution in [3.8, 4) is 11.1 Å². The second-order valence-electron chi connectivity index (χ2n) is 12.8. The van der Waals surface area contributed by atoms with Gasteiger partial charge in [0.1, 0.15) is 5.84 Å². The highest BCUT2D eigenvalue weighted by atomic mass is 32.1. The van der Waals surface area contributed by atoms with E-state index in [-0.39, 0.29) is 0 Å². The minimum absolute atomic E-state index is 0.366. The Morgan fingerprint density at radius 1 is 0.528 bits per heavy atom. The monoisotopic (exact) mass is 700 g/mol. The molecule has 0 amide bonds. The number of nitrogens with two attached hydrogens (primary N) is 1. The Kier molecular flexibility index (Phi) is 9.64. The molecule has 0 spiro atoms. The summed E-state index contributed by atoms with van der Waals surface area (Å²) < 4.78 is 2.43. The molecule has 1 aromatic heterocycles. The first-order valence-corrected chi connectivity index (χ1v) is 18.4. The van der Waals surface area contributed by atoms with Crippen molar-refractivity contribution in [1.29, 1.82) is 5.41 Å². The maximum absolute atomic E-state index is 9.07. The van der Waals surface area contributed by atoms with E-state index in [1.165, 1.54) is 20.2 Å². The number of amidine groups is 2. The molecular weight excluding hydrogens is 665 g/mol. The third-order valence-electron chi connectivity index (χ3n) is 9.24. The molecule has 0 aliphatic carbocycles. The Morgan fingerprint density at radius 2 is 1.13 bits per heavy atom. The van der Waals surface area contributed by atoms with E-state index >= 15 is 0 Å². The molecule has 0 unspecified atom stereocenters. The first-order valence-electron chi connectivity index (χ1n) is 17.6. The van der Waals surface area contributed by atoms with E-state index in [0.29, 0.717) is 23.9 Å². The topological polar surface area (TPSA) is 74.6 Å². The number of rotatable bonds is 9. The van der Waals surface area contributed by atoms with Gasteiger partial charge in [-0.2, -0.15) is 0 Å². The fourth-order valence-corrected chi connectivity index (χ4v) is 7.65. The quantitative estimate of drug-likeness (QED) is 0.114. The van der Waals surface area contributed by atoms with Gasteiger partial charge in [-0.3, -0.25) is 4.99 Å². The van der Waals surface area contributed by atoms with Crippen LogP contribution in [0, 0.1) is 5.41 Å². The molecule has 0 radical (unpaired) electrons. The van der Waals surface area contributed by atoms with Gasteiger partial charge in [-0.25, -0.2) is 4.99 Å². The molecule has 8 aromatic rings. The van der Waals surface area contributed by atoms with Gasteiger partial charge < -0.3 is 11.1 Å². The summed E-state index contributed by atoms with van der Waals surface area (Å²) in [6, 6.07) is 61.8. The Hall–Kier alpha value is -6.69. The van der Waals surface area contributed by atoms with Crippen LogP contribution in [-0.4, -0.2) is 17.4 Å². The van der Waals surface area contributed by atoms with Crippen LogP contribution in [0.4, 0.5) is 0 Å². The van der Waals surface area contributed by atoms with Crippen molar-refractivity contribution in [2.45, 2.75) is 6.54 Å². The maximum Gasteiger partial charge on any atom is 0.157 e. The average molecular weight is 701 g/mol. The fraction of sp³-hybridized carbons (Fsp3) is 0.0208. The van der Waals surface area contributed by atoms with E-state index < -0.39 is 0 Å².